The van der Waals surface area contributed by atoms with E-state index in [0.717, 1.165) is 26.2 Å². The van der Waals surface area contributed by atoms with Gasteiger partial charge in [-0.15, -0.1) is 0 Å². The molecule has 1 unspecified atom stereocenters. The number of hydrogen-bond donors (Lipinski definition) is 1. The lowest BCUT2D eigenvalue weighted by Crippen LogP contribution is -2.49. The lowest BCUT2D eigenvalue weighted by Gasteiger charge is -2.35. The highest BCUT2D eigenvalue weighted by Crippen LogP contribution is 2.03. The molecule has 1 atom stereocenters. The maximum absolute atomic E-state index is 11.9. The van der Waals surface area contributed by atoms with Crippen molar-refractivity contribution in [1.82, 2.24) is 9.80 Å². The summed E-state index contributed by atoms with van der Waals surface area (Å²) in [5.74, 6) is 0. The normalized spacial score (nSPS) is 24.2. The molecule has 0 aromatic carbocycles. The van der Waals surface area contributed by atoms with Gasteiger partial charge in [-0.1, -0.05) is 0 Å². The predicted molar refractivity (Wildman–Crippen MR) is 45.7 cm³/mol. The van der Waals surface area contributed by atoms with Crippen LogP contribution in [-0.4, -0.2) is 60.5 Å². The molecule has 12 heavy (non-hydrogen) atoms. The highest BCUT2D eigenvalue weighted by atomic mass is 19.1. The van der Waals surface area contributed by atoms with Crippen LogP contribution in [0.4, 0.5) is 4.39 Å². The first-order valence-corrected chi connectivity index (χ1v) is 4.44. The van der Waals surface area contributed by atoms with Crippen molar-refractivity contribution in [1.29, 1.82) is 0 Å². The second-order valence-corrected chi connectivity index (χ2v) is 3.20. The fourth-order valence-corrected chi connectivity index (χ4v) is 1.48. The van der Waals surface area contributed by atoms with Crippen molar-refractivity contribution in [3.8, 4) is 0 Å². The van der Waals surface area contributed by atoms with E-state index in [1.807, 2.05) is 4.90 Å². The van der Waals surface area contributed by atoms with Gasteiger partial charge in [-0.25, -0.2) is 4.39 Å². The lowest BCUT2D eigenvalue weighted by atomic mass is 10.3. The first-order chi connectivity index (χ1) is 5.74. The van der Waals surface area contributed by atoms with Crippen LogP contribution in [0.1, 0.15) is 6.92 Å². The Morgan fingerprint density at radius 2 is 1.92 bits per heavy atom. The topological polar surface area (TPSA) is 26.7 Å². The van der Waals surface area contributed by atoms with Crippen molar-refractivity contribution < 1.29 is 9.50 Å². The Morgan fingerprint density at radius 3 is 2.33 bits per heavy atom. The number of rotatable bonds is 3. The van der Waals surface area contributed by atoms with Gasteiger partial charge in [0.2, 0.25) is 0 Å². The molecule has 0 aliphatic carbocycles. The average Bonchev–Trinajstić information content (AvgIpc) is 2.06. The molecule has 1 rings (SSSR count). The largest absolute Gasteiger partial charge is 0.379 e. The smallest absolute Gasteiger partial charge is 0.104 e. The van der Waals surface area contributed by atoms with Gasteiger partial charge in [0.05, 0.1) is 0 Å². The summed E-state index contributed by atoms with van der Waals surface area (Å²) in [4.78, 5) is 4.08. The second kappa shape index (κ2) is 4.74. The number of aliphatic hydroxyl groups is 1. The lowest BCUT2D eigenvalue weighted by molar-refractivity contribution is -0.0134. The third-order valence-corrected chi connectivity index (χ3v) is 2.34. The number of piperazine rings is 1. The monoisotopic (exact) mass is 176 g/mol. The Morgan fingerprint density at radius 1 is 1.33 bits per heavy atom. The van der Waals surface area contributed by atoms with Crippen molar-refractivity contribution in [2.24, 2.45) is 0 Å². The zero-order valence-corrected chi connectivity index (χ0v) is 7.54. The molecule has 1 aliphatic rings. The highest BCUT2D eigenvalue weighted by Gasteiger charge is 2.18. The van der Waals surface area contributed by atoms with Gasteiger partial charge in [-0.05, 0) is 6.92 Å². The molecule has 1 saturated heterocycles. The Labute approximate surface area is 72.8 Å². The van der Waals surface area contributed by atoms with Gasteiger partial charge in [-0.2, -0.15) is 0 Å². The van der Waals surface area contributed by atoms with Gasteiger partial charge in [0, 0.05) is 32.7 Å². The van der Waals surface area contributed by atoms with Crippen molar-refractivity contribution in [2.75, 3.05) is 39.4 Å². The molecule has 1 heterocycles. The van der Waals surface area contributed by atoms with Crippen LogP contribution in [-0.2, 0) is 0 Å². The van der Waals surface area contributed by atoms with Crippen molar-refractivity contribution in [2.45, 2.75) is 13.2 Å². The third kappa shape index (κ3) is 2.69. The molecule has 0 spiro atoms. The molecule has 3 nitrogen and oxygen atoms in total. The minimum atomic E-state index is -0.363. The number of nitrogens with zero attached hydrogens (tertiary/aromatic N) is 2. The van der Waals surface area contributed by atoms with Gasteiger partial charge in [0.25, 0.3) is 0 Å². The predicted octanol–water partition coefficient (Wildman–Crippen LogP) is -0.0882. The van der Waals surface area contributed by atoms with Gasteiger partial charge in [-0.3, -0.25) is 9.80 Å². The van der Waals surface area contributed by atoms with E-state index in [-0.39, 0.29) is 12.9 Å². The van der Waals surface area contributed by atoms with E-state index in [1.54, 1.807) is 6.92 Å². The van der Waals surface area contributed by atoms with E-state index in [2.05, 4.69) is 4.90 Å². The molecular weight excluding hydrogens is 159 g/mol. The van der Waals surface area contributed by atoms with E-state index >= 15 is 0 Å². The highest BCUT2D eigenvalue weighted by molar-refractivity contribution is 4.71. The maximum Gasteiger partial charge on any atom is 0.104 e. The summed E-state index contributed by atoms with van der Waals surface area (Å²) < 4.78 is 11.9. The first-order valence-electron chi connectivity index (χ1n) is 4.44. The molecule has 0 bridgehead atoms. The van der Waals surface area contributed by atoms with Crippen molar-refractivity contribution >= 4 is 0 Å². The summed E-state index contributed by atoms with van der Waals surface area (Å²) in [6.45, 7) is 5.46. The van der Waals surface area contributed by atoms with Gasteiger partial charge in [0.15, 0.2) is 0 Å². The average molecular weight is 176 g/mol. The summed E-state index contributed by atoms with van der Waals surface area (Å²) in [5.41, 5.74) is 0. The van der Waals surface area contributed by atoms with Gasteiger partial charge in [0.1, 0.15) is 12.9 Å². The van der Waals surface area contributed by atoms with Gasteiger partial charge >= 0.3 is 0 Å². The number of halogens is 1. The Hall–Kier alpha value is -0.190. The van der Waals surface area contributed by atoms with Crippen molar-refractivity contribution in [3.05, 3.63) is 0 Å². The summed E-state index contributed by atoms with van der Waals surface area (Å²) in [5, 5.41) is 9.23. The standard InChI is InChI=1S/C8H17FN2O/c1-8(12)11-6-4-10(3-2-9)5-7-11/h8,12H,2-7H2,1H3. The summed E-state index contributed by atoms with van der Waals surface area (Å²) in [6, 6.07) is 0. The summed E-state index contributed by atoms with van der Waals surface area (Å²) >= 11 is 0. The van der Waals surface area contributed by atoms with E-state index in [4.69, 9.17) is 0 Å². The number of aliphatic hydroxyl groups excluding tert-OH is 1. The zero-order valence-electron chi connectivity index (χ0n) is 7.54. The quantitative estimate of drug-likeness (QED) is 0.651. The molecule has 72 valence electrons. The minimum Gasteiger partial charge on any atom is -0.379 e. The van der Waals surface area contributed by atoms with Crippen LogP contribution in [0.15, 0.2) is 0 Å². The molecule has 0 aromatic heterocycles. The number of hydrogen-bond acceptors (Lipinski definition) is 3. The van der Waals surface area contributed by atoms with E-state index < -0.39 is 0 Å². The molecular formula is C8H17FN2O. The molecule has 4 heteroatoms. The van der Waals surface area contributed by atoms with Crippen LogP contribution < -0.4 is 0 Å². The van der Waals surface area contributed by atoms with E-state index in [0.29, 0.717) is 6.54 Å². The fraction of sp³-hybridized carbons (Fsp3) is 1.00. The van der Waals surface area contributed by atoms with Crippen LogP contribution in [0.25, 0.3) is 0 Å². The van der Waals surface area contributed by atoms with E-state index in [9.17, 15) is 9.50 Å². The Bertz CT molecular complexity index is 124. The van der Waals surface area contributed by atoms with E-state index in [1.165, 1.54) is 0 Å². The van der Waals surface area contributed by atoms with Crippen LogP contribution in [0.3, 0.4) is 0 Å². The SMILES string of the molecule is CC(O)N1CCN(CCF)CC1. The molecule has 0 amide bonds. The van der Waals surface area contributed by atoms with Crippen molar-refractivity contribution in [3.63, 3.8) is 0 Å². The Kier molecular flexibility index (Phi) is 3.91. The molecule has 1 N–H and O–H groups in total. The van der Waals surface area contributed by atoms with Crippen LogP contribution in [0.2, 0.25) is 0 Å². The molecule has 1 aliphatic heterocycles. The minimum absolute atomic E-state index is 0.269. The molecule has 0 saturated carbocycles. The number of alkyl halides is 1. The second-order valence-electron chi connectivity index (χ2n) is 3.20. The first kappa shape index (κ1) is 9.89. The zero-order chi connectivity index (χ0) is 8.97. The molecule has 0 aromatic rings. The molecule has 0 radical (unpaired) electrons. The van der Waals surface area contributed by atoms with Crippen LogP contribution in [0, 0.1) is 0 Å². The summed E-state index contributed by atoms with van der Waals surface area (Å²) in [6.07, 6.45) is -0.363. The third-order valence-electron chi connectivity index (χ3n) is 2.34. The van der Waals surface area contributed by atoms with Gasteiger partial charge < -0.3 is 5.11 Å². The summed E-state index contributed by atoms with van der Waals surface area (Å²) in [7, 11) is 0. The Balaban J connectivity index is 2.20. The van der Waals surface area contributed by atoms with Crippen LogP contribution in [0.5, 0.6) is 0 Å². The molecule has 1 fully saturated rings. The maximum atomic E-state index is 11.9. The van der Waals surface area contributed by atoms with Crippen LogP contribution >= 0.6 is 0 Å². The fourth-order valence-electron chi connectivity index (χ4n) is 1.48.